The maximum atomic E-state index is 12.7. The highest BCUT2D eigenvalue weighted by Gasteiger charge is 2.28. The summed E-state index contributed by atoms with van der Waals surface area (Å²) in [6.45, 7) is 5.76. The van der Waals surface area contributed by atoms with Gasteiger partial charge in [0, 0.05) is 45.1 Å². The summed E-state index contributed by atoms with van der Waals surface area (Å²) in [6, 6.07) is 11.3. The van der Waals surface area contributed by atoms with Gasteiger partial charge in [0.2, 0.25) is 0 Å². The van der Waals surface area contributed by atoms with Crippen LogP contribution in [0.5, 0.6) is 0 Å². The third-order valence-corrected chi connectivity index (χ3v) is 6.92. The van der Waals surface area contributed by atoms with Crippen molar-refractivity contribution >= 4 is 11.6 Å². The van der Waals surface area contributed by atoms with Gasteiger partial charge in [-0.15, -0.1) is 0 Å². The highest BCUT2D eigenvalue weighted by atomic mass is 16.5. The monoisotopic (exact) mass is 420 g/mol. The van der Waals surface area contributed by atoms with Crippen LogP contribution in [0.25, 0.3) is 0 Å². The second-order valence-electron chi connectivity index (χ2n) is 8.99. The van der Waals surface area contributed by atoms with Gasteiger partial charge in [-0.25, -0.2) is 0 Å². The molecule has 0 unspecified atom stereocenters. The molecule has 2 aromatic rings. The first-order valence-electron chi connectivity index (χ1n) is 11.6. The first-order chi connectivity index (χ1) is 15.2. The summed E-state index contributed by atoms with van der Waals surface area (Å²) in [4.78, 5) is 24.2. The van der Waals surface area contributed by atoms with Crippen molar-refractivity contribution in [3.05, 3.63) is 58.9 Å². The number of ether oxygens (including phenoxy) is 1. The van der Waals surface area contributed by atoms with E-state index in [9.17, 15) is 4.79 Å². The second kappa shape index (κ2) is 8.97. The Morgan fingerprint density at radius 3 is 2.77 bits per heavy atom. The molecule has 0 saturated carbocycles. The molecule has 164 valence electrons. The van der Waals surface area contributed by atoms with E-state index >= 15 is 0 Å². The molecule has 0 bridgehead atoms. The lowest BCUT2D eigenvalue weighted by molar-refractivity contribution is 0.0302. The first-order valence-corrected chi connectivity index (χ1v) is 11.6. The number of amides is 1. The van der Waals surface area contributed by atoms with Gasteiger partial charge < -0.3 is 14.5 Å². The summed E-state index contributed by atoms with van der Waals surface area (Å²) in [5.74, 6) is 0.0599. The van der Waals surface area contributed by atoms with Crippen LogP contribution < -0.4 is 4.90 Å². The van der Waals surface area contributed by atoms with E-state index < -0.39 is 0 Å². The molecule has 3 aliphatic heterocycles. The molecule has 6 heteroatoms. The van der Waals surface area contributed by atoms with Gasteiger partial charge in [-0.2, -0.15) is 0 Å². The van der Waals surface area contributed by atoms with Gasteiger partial charge in [0.05, 0.1) is 30.5 Å². The number of aromatic nitrogens is 1. The van der Waals surface area contributed by atoms with Crippen molar-refractivity contribution in [2.75, 3.05) is 51.3 Å². The molecule has 2 fully saturated rings. The fourth-order valence-corrected chi connectivity index (χ4v) is 5.20. The van der Waals surface area contributed by atoms with E-state index in [1.54, 1.807) is 6.20 Å². The molecule has 1 amide bonds. The van der Waals surface area contributed by atoms with E-state index in [1.807, 2.05) is 11.0 Å². The van der Waals surface area contributed by atoms with E-state index in [0.29, 0.717) is 37.9 Å². The number of pyridine rings is 1. The number of nitrogens with zero attached hydrogens (tertiary/aromatic N) is 4. The van der Waals surface area contributed by atoms with Crippen LogP contribution in [0.2, 0.25) is 0 Å². The maximum Gasteiger partial charge on any atom is 0.255 e. The number of morpholine rings is 1. The second-order valence-corrected chi connectivity index (χ2v) is 8.99. The molecule has 0 aliphatic carbocycles. The van der Waals surface area contributed by atoms with E-state index in [2.05, 4.69) is 41.1 Å². The van der Waals surface area contributed by atoms with Gasteiger partial charge in [0.1, 0.15) is 0 Å². The Bertz CT molecular complexity index is 924. The van der Waals surface area contributed by atoms with Gasteiger partial charge in [0.25, 0.3) is 5.91 Å². The molecule has 0 N–H and O–H groups in total. The smallest absolute Gasteiger partial charge is 0.255 e. The fraction of sp³-hybridized carbons (Fsp3) is 0.520. The molecule has 0 radical (unpaired) electrons. The van der Waals surface area contributed by atoms with Crippen molar-refractivity contribution in [2.24, 2.45) is 0 Å². The number of hydrogen-bond acceptors (Lipinski definition) is 5. The van der Waals surface area contributed by atoms with E-state index in [-0.39, 0.29) is 5.91 Å². The number of rotatable bonds is 4. The quantitative estimate of drug-likeness (QED) is 0.760. The summed E-state index contributed by atoms with van der Waals surface area (Å²) in [7, 11) is 2.19. The molecular weight excluding hydrogens is 388 g/mol. The Hall–Kier alpha value is -2.44. The minimum atomic E-state index is 0.0599. The van der Waals surface area contributed by atoms with Gasteiger partial charge in [-0.3, -0.25) is 14.7 Å². The minimum absolute atomic E-state index is 0.0599. The Balaban J connectivity index is 1.27. The van der Waals surface area contributed by atoms with Crippen LogP contribution in [0.1, 0.15) is 52.5 Å². The molecule has 1 atom stereocenters. The lowest BCUT2D eigenvalue weighted by atomic mass is 9.99. The summed E-state index contributed by atoms with van der Waals surface area (Å²) >= 11 is 0. The number of likely N-dealkylation sites (tertiary alicyclic amines) is 1. The predicted molar refractivity (Wildman–Crippen MR) is 121 cm³/mol. The van der Waals surface area contributed by atoms with Gasteiger partial charge >= 0.3 is 0 Å². The SMILES string of the molecule is CN1CCCc2cc(CN3CCC[C@@H]3c3ccc(C(=O)N4CCOCC4)cn3)ccc21. The van der Waals surface area contributed by atoms with Crippen LogP contribution in [0, 0.1) is 0 Å². The van der Waals surface area contributed by atoms with Crippen LogP contribution in [0.15, 0.2) is 36.5 Å². The van der Waals surface area contributed by atoms with Gasteiger partial charge in [-0.05, 0) is 61.6 Å². The maximum absolute atomic E-state index is 12.7. The normalized spacial score (nSPS) is 21.9. The lowest BCUT2D eigenvalue weighted by Crippen LogP contribution is -2.40. The molecule has 6 nitrogen and oxygen atoms in total. The van der Waals surface area contributed by atoms with Crippen molar-refractivity contribution in [1.82, 2.24) is 14.8 Å². The number of carbonyl (C=O) groups is 1. The standard InChI is InChI=1S/C25H32N4O2/c1-27-10-2-4-20-16-19(6-9-23(20)27)18-29-11-3-5-24(29)22-8-7-21(17-26-22)25(30)28-12-14-31-15-13-28/h6-9,16-17,24H,2-5,10-15,18H2,1H3/t24-/m1/s1. The van der Waals surface area contributed by atoms with Crippen molar-refractivity contribution in [2.45, 2.75) is 38.3 Å². The van der Waals surface area contributed by atoms with Crippen molar-refractivity contribution < 1.29 is 9.53 Å². The molecule has 3 aliphatic rings. The zero-order chi connectivity index (χ0) is 21.2. The van der Waals surface area contributed by atoms with Crippen LogP contribution in [-0.2, 0) is 17.7 Å². The van der Waals surface area contributed by atoms with E-state index in [4.69, 9.17) is 9.72 Å². The fourth-order valence-electron chi connectivity index (χ4n) is 5.20. The Labute approximate surface area is 184 Å². The van der Waals surface area contributed by atoms with Crippen LogP contribution in [0.3, 0.4) is 0 Å². The largest absolute Gasteiger partial charge is 0.378 e. The predicted octanol–water partition coefficient (Wildman–Crippen LogP) is 3.27. The Kier molecular flexibility index (Phi) is 5.92. The number of carbonyl (C=O) groups excluding carboxylic acids is 1. The number of anilines is 1. The first kappa shape index (κ1) is 20.5. The molecule has 4 heterocycles. The van der Waals surface area contributed by atoms with Crippen LogP contribution in [0.4, 0.5) is 5.69 Å². The molecule has 2 saturated heterocycles. The van der Waals surface area contributed by atoms with Gasteiger partial charge in [0.15, 0.2) is 0 Å². The molecule has 0 spiro atoms. The average Bonchev–Trinajstić information content (AvgIpc) is 3.27. The third-order valence-electron chi connectivity index (χ3n) is 6.92. The van der Waals surface area contributed by atoms with E-state index in [0.717, 1.165) is 31.7 Å². The van der Waals surface area contributed by atoms with Crippen molar-refractivity contribution in [3.8, 4) is 0 Å². The van der Waals surface area contributed by atoms with Crippen LogP contribution >= 0.6 is 0 Å². The molecule has 1 aromatic carbocycles. The van der Waals surface area contributed by atoms with Crippen LogP contribution in [-0.4, -0.2) is 67.1 Å². The molecule has 1 aromatic heterocycles. The summed E-state index contributed by atoms with van der Waals surface area (Å²) in [5, 5.41) is 0. The highest BCUT2D eigenvalue weighted by Crippen LogP contribution is 2.33. The number of fused-ring (bicyclic) bond motifs is 1. The average molecular weight is 421 g/mol. The Morgan fingerprint density at radius 2 is 1.97 bits per heavy atom. The third kappa shape index (κ3) is 4.32. The number of hydrogen-bond donors (Lipinski definition) is 0. The van der Waals surface area contributed by atoms with Gasteiger partial charge in [-0.1, -0.05) is 12.1 Å². The van der Waals surface area contributed by atoms with Crippen molar-refractivity contribution in [3.63, 3.8) is 0 Å². The summed E-state index contributed by atoms with van der Waals surface area (Å²) in [5.41, 5.74) is 6.00. The molecule has 5 rings (SSSR count). The minimum Gasteiger partial charge on any atom is -0.378 e. The van der Waals surface area contributed by atoms with E-state index in [1.165, 1.54) is 36.1 Å². The zero-order valence-electron chi connectivity index (χ0n) is 18.4. The molecular formula is C25H32N4O2. The topological polar surface area (TPSA) is 48.9 Å². The highest BCUT2D eigenvalue weighted by molar-refractivity contribution is 5.94. The molecule has 31 heavy (non-hydrogen) atoms. The Morgan fingerprint density at radius 1 is 1.10 bits per heavy atom. The number of benzene rings is 1. The van der Waals surface area contributed by atoms with Crippen molar-refractivity contribution in [1.29, 1.82) is 0 Å². The lowest BCUT2D eigenvalue weighted by Gasteiger charge is -2.29. The zero-order valence-corrected chi connectivity index (χ0v) is 18.4. The summed E-state index contributed by atoms with van der Waals surface area (Å²) in [6.07, 6.45) is 6.49. The number of aryl methyl sites for hydroxylation is 1. The summed E-state index contributed by atoms with van der Waals surface area (Å²) < 4.78 is 5.35.